The second kappa shape index (κ2) is 3.07. The molecule has 1 atom stereocenters. The number of hydrogen-bond acceptors (Lipinski definition) is 2. The molecule has 0 spiro atoms. The molecular weight excluding hydrogens is 180 g/mol. The SMILES string of the molecule is Cc1ccnc2c1ccn2[C@@H](C)S. The molecule has 0 N–H and O–H groups in total. The Kier molecular flexibility index (Phi) is 2.04. The Bertz CT molecular complexity index is 431. The van der Waals surface area contributed by atoms with E-state index in [1.54, 1.807) is 0 Å². The molecular formula is C10H12N2S. The second-order valence-corrected chi connectivity index (χ2v) is 3.97. The summed E-state index contributed by atoms with van der Waals surface area (Å²) in [6, 6.07) is 4.11. The minimum Gasteiger partial charge on any atom is -0.321 e. The maximum Gasteiger partial charge on any atom is 0.141 e. The van der Waals surface area contributed by atoms with E-state index in [-0.39, 0.29) is 5.37 Å². The minimum absolute atomic E-state index is 0.173. The zero-order valence-corrected chi connectivity index (χ0v) is 8.62. The van der Waals surface area contributed by atoms with Crippen LogP contribution in [0.2, 0.25) is 0 Å². The fraction of sp³-hybridized carbons (Fsp3) is 0.300. The molecule has 2 aromatic rings. The van der Waals surface area contributed by atoms with Crippen molar-refractivity contribution in [2.45, 2.75) is 19.2 Å². The van der Waals surface area contributed by atoms with E-state index >= 15 is 0 Å². The number of nitrogens with zero attached hydrogens (tertiary/aromatic N) is 2. The molecule has 0 unspecified atom stereocenters. The van der Waals surface area contributed by atoms with Gasteiger partial charge in [0.2, 0.25) is 0 Å². The van der Waals surface area contributed by atoms with Crippen LogP contribution in [-0.2, 0) is 0 Å². The number of fused-ring (bicyclic) bond motifs is 1. The fourth-order valence-corrected chi connectivity index (χ4v) is 1.68. The van der Waals surface area contributed by atoms with Crippen LogP contribution in [0.25, 0.3) is 11.0 Å². The Morgan fingerprint density at radius 3 is 2.92 bits per heavy atom. The summed E-state index contributed by atoms with van der Waals surface area (Å²) < 4.78 is 2.06. The van der Waals surface area contributed by atoms with Crippen LogP contribution >= 0.6 is 12.6 Å². The molecule has 13 heavy (non-hydrogen) atoms. The first kappa shape index (κ1) is 8.63. The molecule has 68 valence electrons. The van der Waals surface area contributed by atoms with Crippen LogP contribution in [0.1, 0.15) is 17.9 Å². The average Bonchev–Trinajstić information content (AvgIpc) is 2.48. The summed E-state index contributed by atoms with van der Waals surface area (Å²) in [6.07, 6.45) is 3.87. The molecule has 2 aromatic heterocycles. The Hall–Kier alpha value is -0.960. The van der Waals surface area contributed by atoms with Crippen molar-refractivity contribution in [2.24, 2.45) is 0 Å². The number of hydrogen-bond donors (Lipinski definition) is 1. The van der Waals surface area contributed by atoms with Gasteiger partial charge < -0.3 is 4.57 Å². The van der Waals surface area contributed by atoms with E-state index in [2.05, 4.69) is 35.2 Å². The van der Waals surface area contributed by atoms with E-state index in [4.69, 9.17) is 0 Å². The molecule has 0 aliphatic heterocycles. The summed E-state index contributed by atoms with van der Waals surface area (Å²) in [5, 5.41) is 1.38. The van der Waals surface area contributed by atoms with Crippen LogP contribution in [-0.4, -0.2) is 9.55 Å². The molecule has 0 bridgehead atoms. The lowest BCUT2D eigenvalue weighted by Gasteiger charge is -2.07. The number of rotatable bonds is 1. The molecule has 0 aromatic carbocycles. The van der Waals surface area contributed by atoms with Crippen molar-refractivity contribution in [3.63, 3.8) is 0 Å². The van der Waals surface area contributed by atoms with Gasteiger partial charge in [-0.3, -0.25) is 0 Å². The summed E-state index contributed by atoms with van der Waals surface area (Å²) in [6.45, 7) is 4.13. The van der Waals surface area contributed by atoms with Crippen LogP contribution in [0.4, 0.5) is 0 Å². The van der Waals surface area contributed by atoms with E-state index in [0.29, 0.717) is 0 Å². The molecule has 0 amide bonds. The molecule has 2 nitrogen and oxygen atoms in total. The third-order valence-corrected chi connectivity index (χ3v) is 2.48. The lowest BCUT2D eigenvalue weighted by Crippen LogP contribution is -1.97. The normalized spacial score (nSPS) is 13.5. The Morgan fingerprint density at radius 1 is 1.46 bits per heavy atom. The largest absolute Gasteiger partial charge is 0.321 e. The van der Waals surface area contributed by atoms with E-state index in [1.807, 2.05) is 25.4 Å². The first-order valence-electron chi connectivity index (χ1n) is 4.30. The van der Waals surface area contributed by atoms with Gasteiger partial charge in [0.15, 0.2) is 0 Å². The average molecular weight is 192 g/mol. The first-order chi connectivity index (χ1) is 6.20. The van der Waals surface area contributed by atoms with Gasteiger partial charge in [0.1, 0.15) is 5.65 Å². The van der Waals surface area contributed by atoms with Crippen molar-refractivity contribution in [3.05, 3.63) is 30.1 Å². The summed E-state index contributed by atoms with van der Waals surface area (Å²) in [7, 11) is 0. The molecule has 0 saturated heterocycles. The smallest absolute Gasteiger partial charge is 0.141 e. The quantitative estimate of drug-likeness (QED) is 0.688. The van der Waals surface area contributed by atoms with Gasteiger partial charge in [-0.1, -0.05) is 0 Å². The van der Waals surface area contributed by atoms with Crippen molar-refractivity contribution in [1.82, 2.24) is 9.55 Å². The van der Waals surface area contributed by atoms with Gasteiger partial charge in [-0.2, -0.15) is 12.6 Å². The molecule has 0 saturated carbocycles. The van der Waals surface area contributed by atoms with Gasteiger partial charge in [0.25, 0.3) is 0 Å². The highest BCUT2D eigenvalue weighted by molar-refractivity contribution is 7.80. The van der Waals surface area contributed by atoms with E-state index in [9.17, 15) is 0 Å². The summed E-state index contributed by atoms with van der Waals surface area (Å²) >= 11 is 4.39. The minimum atomic E-state index is 0.173. The summed E-state index contributed by atoms with van der Waals surface area (Å²) in [5.41, 5.74) is 2.28. The number of aromatic nitrogens is 2. The molecule has 2 heterocycles. The van der Waals surface area contributed by atoms with Gasteiger partial charge in [0, 0.05) is 17.8 Å². The fourth-order valence-electron chi connectivity index (χ4n) is 1.49. The molecule has 0 fully saturated rings. The van der Waals surface area contributed by atoms with E-state index in [1.165, 1.54) is 10.9 Å². The van der Waals surface area contributed by atoms with E-state index < -0.39 is 0 Å². The van der Waals surface area contributed by atoms with Gasteiger partial charge in [-0.05, 0) is 31.5 Å². The van der Waals surface area contributed by atoms with Crippen molar-refractivity contribution in [2.75, 3.05) is 0 Å². The van der Waals surface area contributed by atoms with Crippen LogP contribution < -0.4 is 0 Å². The Morgan fingerprint density at radius 2 is 2.23 bits per heavy atom. The monoisotopic (exact) mass is 192 g/mol. The summed E-state index contributed by atoms with van der Waals surface area (Å²) in [4.78, 5) is 4.34. The number of aryl methyl sites for hydroxylation is 1. The molecule has 0 aliphatic carbocycles. The molecule has 0 aliphatic rings. The standard InChI is InChI=1S/C10H12N2S/c1-7-3-5-11-10-9(7)4-6-12(10)8(2)13/h3-6,8,13H,1-2H3/t8-/m1/s1. The Balaban J connectivity index is 2.75. The topological polar surface area (TPSA) is 17.8 Å². The van der Waals surface area contributed by atoms with Crippen LogP contribution in [0, 0.1) is 6.92 Å². The zero-order chi connectivity index (χ0) is 9.42. The molecule has 2 rings (SSSR count). The number of thiol groups is 1. The van der Waals surface area contributed by atoms with Crippen molar-refractivity contribution in [3.8, 4) is 0 Å². The molecule has 3 heteroatoms. The maximum absolute atomic E-state index is 4.39. The van der Waals surface area contributed by atoms with Crippen LogP contribution in [0.5, 0.6) is 0 Å². The second-order valence-electron chi connectivity index (χ2n) is 3.22. The first-order valence-corrected chi connectivity index (χ1v) is 4.82. The summed E-state index contributed by atoms with van der Waals surface area (Å²) in [5.74, 6) is 0. The van der Waals surface area contributed by atoms with Gasteiger partial charge in [0.05, 0.1) is 5.37 Å². The van der Waals surface area contributed by atoms with Crippen LogP contribution in [0.15, 0.2) is 24.5 Å². The lowest BCUT2D eigenvalue weighted by molar-refractivity contribution is 0.769. The maximum atomic E-state index is 4.39. The zero-order valence-electron chi connectivity index (χ0n) is 7.73. The third-order valence-electron chi connectivity index (χ3n) is 2.24. The van der Waals surface area contributed by atoms with Gasteiger partial charge in [-0.15, -0.1) is 0 Å². The van der Waals surface area contributed by atoms with Crippen molar-refractivity contribution >= 4 is 23.7 Å². The lowest BCUT2D eigenvalue weighted by atomic mass is 10.2. The predicted molar refractivity (Wildman–Crippen MR) is 58.2 cm³/mol. The van der Waals surface area contributed by atoms with E-state index in [0.717, 1.165) is 5.65 Å². The number of pyridine rings is 1. The highest BCUT2D eigenvalue weighted by Crippen LogP contribution is 2.21. The van der Waals surface area contributed by atoms with Crippen molar-refractivity contribution < 1.29 is 0 Å². The van der Waals surface area contributed by atoms with Crippen LogP contribution in [0.3, 0.4) is 0 Å². The van der Waals surface area contributed by atoms with Gasteiger partial charge >= 0.3 is 0 Å². The highest BCUT2D eigenvalue weighted by atomic mass is 32.1. The van der Waals surface area contributed by atoms with Crippen molar-refractivity contribution in [1.29, 1.82) is 0 Å². The highest BCUT2D eigenvalue weighted by Gasteiger charge is 2.06. The Labute approximate surface area is 83.0 Å². The predicted octanol–water partition coefficient (Wildman–Crippen LogP) is 2.79. The van der Waals surface area contributed by atoms with Gasteiger partial charge in [-0.25, -0.2) is 4.98 Å². The third kappa shape index (κ3) is 1.33. The molecule has 0 radical (unpaired) electrons.